The maximum Gasteiger partial charge on any atom is 0.249 e. The Morgan fingerprint density at radius 1 is 0.921 bits per heavy atom. The number of hydrogen-bond acceptors (Lipinski definition) is 6. The number of ether oxygens (including phenoxy) is 2. The minimum Gasteiger partial charge on any atom is -0.395 e. The normalized spacial score (nSPS) is 21.8. The summed E-state index contributed by atoms with van der Waals surface area (Å²) >= 11 is 12.1. The average molecular weight is 564 g/mol. The van der Waals surface area contributed by atoms with E-state index >= 15 is 0 Å². The molecule has 2 aliphatic rings. The minimum absolute atomic E-state index is 0.0232. The maximum absolute atomic E-state index is 13.5. The van der Waals surface area contributed by atoms with E-state index in [-0.39, 0.29) is 51.3 Å². The average Bonchev–Trinajstić information content (AvgIpc) is 2.92. The van der Waals surface area contributed by atoms with E-state index in [1.54, 1.807) is 29.2 Å². The van der Waals surface area contributed by atoms with Crippen molar-refractivity contribution in [2.75, 3.05) is 39.5 Å². The third-order valence-electron chi connectivity index (χ3n) is 6.86. The summed E-state index contributed by atoms with van der Waals surface area (Å²) in [6.45, 7) is 1.61. The van der Waals surface area contributed by atoms with Crippen LogP contribution in [-0.4, -0.2) is 84.2 Å². The molecule has 9 nitrogen and oxygen atoms in total. The molecule has 3 amide bonds. The molecule has 204 valence electrons. The molecule has 2 aliphatic heterocycles. The van der Waals surface area contributed by atoms with Gasteiger partial charge in [0.15, 0.2) is 0 Å². The lowest BCUT2D eigenvalue weighted by Crippen LogP contribution is -2.64. The van der Waals surface area contributed by atoms with Crippen molar-refractivity contribution in [2.45, 2.75) is 37.6 Å². The van der Waals surface area contributed by atoms with Crippen molar-refractivity contribution in [1.29, 1.82) is 0 Å². The lowest BCUT2D eigenvalue weighted by Gasteiger charge is -2.46. The lowest BCUT2D eigenvalue weighted by atomic mass is 9.96. The summed E-state index contributed by atoms with van der Waals surface area (Å²) in [5.41, 5.74) is 1.67. The van der Waals surface area contributed by atoms with Gasteiger partial charge in [-0.3, -0.25) is 14.4 Å². The second-order valence-corrected chi connectivity index (χ2v) is 10.1. The first-order chi connectivity index (χ1) is 18.3. The van der Waals surface area contributed by atoms with Gasteiger partial charge < -0.3 is 29.7 Å². The van der Waals surface area contributed by atoms with Gasteiger partial charge in [0.2, 0.25) is 17.7 Å². The molecule has 0 bridgehead atoms. The van der Waals surface area contributed by atoms with E-state index < -0.39 is 30.2 Å². The summed E-state index contributed by atoms with van der Waals surface area (Å²) in [5, 5.41) is 13.2. The van der Waals surface area contributed by atoms with Crippen molar-refractivity contribution in [1.82, 2.24) is 15.1 Å². The Kier molecular flexibility index (Phi) is 9.62. The van der Waals surface area contributed by atoms with Gasteiger partial charge in [-0.15, -0.1) is 0 Å². The number of morpholine rings is 2. The molecule has 2 N–H and O–H groups in total. The molecule has 0 saturated carbocycles. The molecule has 2 aromatic carbocycles. The fraction of sp³-hybridized carbons (Fsp3) is 0.444. The summed E-state index contributed by atoms with van der Waals surface area (Å²) in [7, 11) is 0. The number of nitrogens with one attached hydrogen (secondary N) is 1. The van der Waals surface area contributed by atoms with E-state index in [1.165, 1.54) is 4.90 Å². The van der Waals surface area contributed by atoms with Crippen molar-refractivity contribution >= 4 is 40.9 Å². The smallest absolute Gasteiger partial charge is 0.249 e. The van der Waals surface area contributed by atoms with Gasteiger partial charge in [0.05, 0.1) is 25.7 Å². The first-order valence-electron chi connectivity index (χ1n) is 12.5. The van der Waals surface area contributed by atoms with Crippen molar-refractivity contribution in [2.24, 2.45) is 0 Å². The highest BCUT2D eigenvalue weighted by molar-refractivity contribution is 6.30. The maximum atomic E-state index is 13.5. The Bertz CT molecular complexity index is 1130. The Morgan fingerprint density at radius 2 is 1.39 bits per heavy atom. The van der Waals surface area contributed by atoms with Crippen LogP contribution in [0.5, 0.6) is 0 Å². The van der Waals surface area contributed by atoms with E-state index in [0.717, 1.165) is 11.1 Å². The summed E-state index contributed by atoms with van der Waals surface area (Å²) in [6, 6.07) is 12.7. The molecule has 38 heavy (non-hydrogen) atoms. The molecule has 4 atom stereocenters. The van der Waals surface area contributed by atoms with Crippen LogP contribution in [0.3, 0.4) is 0 Å². The van der Waals surface area contributed by atoms with E-state index in [4.69, 9.17) is 32.7 Å². The zero-order valence-electron chi connectivity index (χ0n) is 21.0. The second-order valence-electron chi connectivity index (χ2n) is 9.23. The molecule has 0 spiro atoms. The van der Waals surface area contributed by atoms with Gasteiger partial charge in [-0.2, -0.15) is 0 Å². The molecular weight excluding hydrogens is 533 g/mol. The van der Waals surface area contributed by atoms with Crippen LogP contribution in [0.25, 0.3) is 0 Å². The van der Waals surface area contributed by atoms with Gasteiger partial charge in [0.25, 0.3) is 0 Å². The van der Waals surface area contributed by atoms with E-state index in [9.17, 15) is 19.5 Å². The minimum atomic E-state index is -0.995. The van der Waals surface area contributed by atoms with Gasteiger partial charge in [-0.25, -0.2) is 0 Å². The summed E-state index contributed by atoms with van der Waals surface area (Å²) in [5.74, 6) is -1.07. The van der Waals surface area contributed by atoms with Gasteiger partial charge in [0, 0.05) is 16.6 Å². The Hall–Kier alpha value is -2.69. The van der Waals surface area contributed by atoms with Crippen LogP contribution in [-0.2, 0) is 23.9 Å². The van der Waals surface area contributed by atoms with Crippen molar-refractivity contribution < 1.29 is 29.0 Å². The molecular formula is C27H31Cl2N3O6. The summed E-state index contributed by atoms with van der Waals surface area (Å²) < 4.78 is 11.6. The van der Waals surface area contributed by atoms with Gasteiger partial charge in [-0.1, -0.05) is 54.4 Å². The van der Waals surface area contributed by atoms with Crippen LogP contribution in [0.2, 0.25) is 10.0 Å². The SMILES string of the molecule is CCC(C(C(=O)NCCO)N1CC(c2ccc(Cl)cc2)OCC1=O)N1CC(c2ccc(Cl)cc2)OCC1=O. The van der Waals surface area contributed by atoms with Crippen LogP contribution in [0.4, 0.5) is 0 Å². The number of aliphatic hydroxyl groups excluding tert-OH is 1. The lowest BCUT2D eigenvalue weighted by molar-refractivity contribution is -0.167. The zero-order valence-corrected chi connectivity index (χ0v) is 22.5. The summed E-state index contributed by atoms with van der Waals surface area (Å²) in [6.07, 6.45) is -0.479. The third kappa shape index (κ3) is 6.47. The van der Waals surface area contributed by atoms with Gasteiger partial charge in [0.1, 0.15) is 31.5 Å². The van der Waals surface area contributed by atoms with Crippen LogP contribution in [0.1, 0.15) is 36.7 Å². The Morgan fingerprint density at radius 3 is 1.87 bits per heavy atom. The number of hydrogen-bond donors (Lipinski definition) is 2. The van der Waals surface area contributed by atoms with Crippen molar-refractivity contribution in [3.8, 4) is 0 Å². The first kappa shape index (κ1) is 28.3. The van der Waals surface area contributed by atoms with Crippen LogP contribution in [0.15, 0.2) is 48.5 Å². The quantitative estimate of drug-likeness (QED) is 0.485. The highest BCUT2D eigenvalue weighted by atomic mass is 35.5. The molecule has 4 rings (SSSR count). The number of carbonyl (C=O) groups excluding carboxylic acids is 3. The molecule has 2 heterocycles. The number of rotatable bonds is 9. The van der Waals surface area contributed by atoms with Crippen molar-refractivity contribution in [3.63, 3.8) is 0 Å². The fourth-order valence-electron chi connectivity index (χ4n) is 4.94. The monoisotopic (exact) mass is 563 g/mol. The van der Waals surface area contributed by atoms with Crippen LogP contribution >= 0.6 is 23.2 Å². The van der Waals surface area contributed by atoms with Crippen LogP contribution < -0.4 is 5.32 Å². The zero-order chi connectivity index (χ0) is 27.2. The number of benzene rings is 2. The highest BCUT2D eigenvalue weighted by Gasteiger charge is 2.44. The third-order valence-corrected chi connectivity index (χ3v) is 7.37. The molecule has 4 unspecified atom stereocenters. The number of carbonyl (C=O) groups is 3. The highest BCUT2D eigenvalue weighted by Crippen LogP contribution is 2.31. The number of aliphatic hydroxyl groups is 1. The van der Waals surface area contributed by atoms with Crippen molar-refractivity contribution in [3.05, 3.63) is 69.7 Å². The number of amides is 3. The molecule has 2 aromatic rings. The standard InChI is InChI=1S/C27H31Cl2N3O6/c1-2-21(31-13-22(37-15-24(31)34)17-3-7-19(28)8-4-17)26(27(36)30-11-12-33)32-14-23(38-16-25(32)35)18-5-9-20(29)10-6-18/h3-10,21-23,26,33H,2,11-16H2,1H3,(H,30,36). The Labute approximate surface area is 231 Å². The Balaban J connectivity index is 1.64. The van der Waals surface area contributed by atoms with Gasteiger partial charge in [-0.05, 0) is 41.8 Å². The topological polar surface area (TPSA) is 108 Å². The predicted molar refractivity (Wildman–Crippen MR) is 142 cm³/mol. The molecule has 2 fully saturated rings. The molecule has 11 heteroatoms. The van der Waals surface area contributed by atoms with Crippen LogP contribution in [0, 0.1) is 0 Å². The first-order valence-corrected chi connectivity index (χ1v) is 13.3. The number of halogens is 2. The van der Waals surface area contributed by atoms with Gasteiger partial charge >= 0.3 is 0 Å². The number of nitrogens with zero attached hydrogens (tertiary/aromatic N) is 2. The fourth-order valence-corrected chi connectivity index (χ4v) is 5.20. The molecule has 2 saturated heterocycles. The van der Waals surface area contributed by atoms with E-state index in [1.807, 2.05) is 31.2 Å². The van der Waals surface area contributed by atoms with E-state index in [0.29, 0.717) is 16.5 Å². The molecule has 0 radical (unpaired) electrons. The molecule has 0 aliphatic carbocycles. The summed E-state index contributed by atoms with van der Waals surface area (Å²) in [4.78, 5) is 42.9. The predicted octanol–water partition coefficient (Wildman–Crippen LogP) is 2.75. The van der Waals surface area contributed by atoms with E-state index in [2.05, 4.69) is 5.32 Å². The molecule has 0 aromatic heterocycles. The largest absolute Gasteiger partial charge is 0.395 e. The second kappa shape index (κ2) is 12.9.